The number of rotatable bonds is 4. The minimum absolute atomic E-state index is 0.00646. The van der Waals surface area contributed by atoms with E-state index < -0.39 is 34.0 Å². The minimum Gasteiger partial charge on any atom is -0.390 e. The van der Waals surface area contributed by atoms with Gasteiger partial charge in [0, 0.05) is 6.26 Å². The van der Waals surface area contributed by atoms with Gasteiger partial charge in [0.1, 0.15) is 5.54 Å². The topological polar surface area (TPSA) is 113 Å². The summed E-state index contributed by atoms with van der Waals surface area (Å²) in [4.78, 5) is 26.1. The molecule has 9 nitrogen and oxygen atoms in total. The number of hydrogen-bond donors (Lipinski definition) is 1. The number of carbonyl (C=O) groups is 2. The summed E-state index contributed by atoms with van der Waals surface area (Å²) in [6, 6.07) is 4.86. The highest BCUT2D eigenvalue weighted by atomic mass is 32.3. The monoisotopic (exact) mass is 374 g/mol. The molecule has 2 unspecified atom stereocenters. The zero-order valence-electron chi connectivity index (χ0n) is 12.7. The van der Waals surface area contributed by atoms with Gasteiger partial charge in [0.05, 0.1) is 18.6 Å². The fourth-order valence-corrected chi connectivity index (χ4v) is 3.84. The number of hydrogen-bond acceptors (Lipinski definition) is 7. The van der Waals surface area contributed by atoms with Crippen LogP contribution in [0.5, 0.6) is 0 Å². The molecule has 2 amide bonds. The molecule has 24 heavy (non-hydrogen) atoms. The Labute approximate surface area is 142 Å². The van der Waals surface area contributed by atoms with Gasteiger partial charge < -0.3 is 9.08 Å². The van der Waals surface area contributed by atoms with Gasteiger partial charge in [-0.1, -0.05) is 24.3 Å². The number of amides is 2. The Morgan fingerprint density at radius 1 is 1.42 bits per heavy atom. The van der Waals surface area contributed by atoms with Crippen molar-refractivity contribution in [1.29, 1.82) is 0 Å². The van der Waals surface area contributed by atoms with Crippen LogP contribution in [0.4, 0.5) is 4.79 Å². The summed E-state index contributed by atoms with van der Waals surface area (Å²) in [6.07, 6.45) is 1.57. The second-order valence-corrected chi connectivity index (χ2v) is 7.04. The van der Waals surface area contributed by atoms with Crippen LogP contribution in [0.1, 0.15) is 24.1 Å². The summed E-state index contributed by atoms with van der Waals surface area (Å²) >= 11 is 0.847. The molecule has 3 rings (SSSR count). The molecular formula is C13H14N2O7S2. The molecule has 1 N–H and O–H groups in total. The van der Waals surface area contributed by atoms with Gasteiger partial charge >= 0.3 is 22.4 Å². The zero-order valence-corrected chi connectivity index (χ0v) is 14.3. The second-order valence-electron chi connectivity index (χ2n) is 5.54. The molecule has 130 valence electrons. The van der Waals surface area contributed by atoms with Crippen molar-refractivity contribution in [2.24, 2.45) is 0 Å². The third-order valence-corrected chi connectivity index (χ3v) is 4.72. The molecule has 0 aliphatic carbocycles. The molecule has 1 saturated heterocycles. The fraction of sp³-hybridized carbons (Fsp3) is 0.385. The lowest BCUT2D eigenvalue weighted by Gasteiger charge is -2.37. The molecule has 1 fully saturated rings. The van der Waals surface area contributed by atoms with E-state index in [1.54, 1.807) is 37.4 Å². The number of carbonyl (C=O) groups excluding carboxylic acids is 2. The quantitative estimate of drug-likeness (QED) is 0.619. The predicted molar refractivity (Wildman–Crippen MR) is 82.7 cm³/mol. The van der Waals surface area contributed by atoms with E-state index in [0.717, 1.165) is 16.9 Å². The van der Waals surface area contributed by atoms with Crippen LogP contribution in [0.2, 0.25) is 0 Å². The number of hydroxylamine groups is 2. The van der Waals surface area contributed by atoms with E-state index in [1.165, 1.54) is 0 Å². The van der Waals surface area contributed by atoms with Crippen LogP contribution in [0.3, 0.4) is 0 Å². The standard InChI is InChI=1S/C13H14N2O7S2/c1-13-7-14(12(17)15(13)22-24(18,19)20)10(11(16)21-23-2)8-5-3-4-6-9(8)13/h3-6,10H,7H2,1-2H3,(H,18,19,20). The average molecular weight is 374 g/mol. The first kappa shape index (κ1) is 17.0. The second kappa shape index (κ2) is 5.62. The van der Waals surface area contributed by atoms with Gasteiger partial charge in [-0.2, -0.15) is 13.5 Å². The van der Waals surface area contributed by atoms with Gasteiger partial charge in [-0.3, -0.25) is 4.55 Å². The Morgan fingerprint density at radius 3 is 2.71 bits per heavy atom. The average Bonchev–Trinajstić information content (AvgIpc) is 2.70. The van der Waals surface area contributed by atoms with E-state index in [0.29, 0.717) is 16.2 Å². The van der Waals surface area contributed by atoms with Crippen molar-refractivity contribution < 1.29 is 31.0 Å². The smallest absolute Gasteiger partial charge is 0.390 e. The summed E-state index contributed by atoms with van der Waals surface area (Å²) in [6.45, 7) is 1.59. The van der Waals surface area contributed by atoms with Gasteiger partial charge in [0.15, 0.2) is 6.04 Å². The molecule has 2 atom stereocenters. The molecule has 0 spiro atoms. The number of benzene rings is 1. The van der Waals surface area contributed by atoms with Crippen molar-refractivity contribution in [1.82, 2.24) is 9.96 Å². The summed E-state index contributed by atoms with van der Waals surface area (Å²) in [7, 11) is -4.91. The Kier molecular flexibility index (Phi) is 3.98. The van der Waals surface area contributed by atoms with Crippen LogP contribution in [0.15, 0.2) is 24.3 Å². The third kappa shape index (κ3) is 2.53. The highest BCUT2D eigenvalue weighted by molar-refractivity contribution is 7.94. The van der Waals surface area contributed by atoms with Crippen LogP contribution in [0.25, 0.3) is 0 Å². The van der Waals surface area contributed by atoms with Crippen LogP contribution in [-0.4, -0.2) is 47.7 Å². The molecule has 0 saturated carbocycles. The van der Waals surface area contributed by atoms with Crippen molar-refractivity contribution in [3.63, 3.8) is 0 Å². The number of fused-ring (bicyclic) bond motifs is 4. The van der Waals surface area contributed by atoms with Crippen LogP contribution in [-0.2, 0) is 29.2 Å². The van der Waals surface area contributed by atoms with E-state index >= 15 is 0 Å². The lowest BCUT2D eigenvalue weighted by Crippen LogP contribution is -2.45. The molecule has 2 heterocycles. The Hall–Kier alpha value is -1.82. The number of urea groups is 1. The Morgan fingerprint density at radius 2 is 2.08 bits per heavy atom. The first-order valence-corrected chi connectivity index (χ1v) is 9.32. The lowest BCUT2D eigenvalue weighted by atomic mass is 9.82. The zero-order chi connectivity index (χ0) is 17.7. The van der Waals surface area contributed by atoms with Crippen LogP contribution >= 0.6 is 12.0 Å². The first-order chi connectivity index (χ1) is 11.2. The molecule has 0 aromatic heterocycles. The predicted octanol–water partition coefficient (Wildman–Crippen LogP) is 1.25. The molecule has 2 bridgehead atoms. The van der Waals surface area contributed by atoms with Gasteiger partial charge in [-0.25, -0.2) is 9.59 Å². The normalized spacial score (nSPS) is 25.6. The van der Waals surface area contributed by atoms with Gasteiger partial charge in [-0.05, 0) is 18.1 Å². The van der Waals surface area contributed by atoms with Crippen LogP contribution in [0, 0.1) is 0 Å². The summed E-state index contributed by atoms with van der Waals surface area (Å²) in [5.41, 5.74) is -0.126. The van der Waals surface area contributed by atoms with Gasteiger partial charge in [0.2, 0.25) is 0 Å². The molecule has 1 aromatic carbocycles. The maximum atomic E-state index is 12.6. The Balaban J connectivity index is 2.15. The lowest BCUT2D eigenvalue weighted by molar-refractivity contribution is -0.138. The highest BCUT2D eigenvalue weighted by Crippen LogP contribution is 2.48. The van der Waals surface area contributed by atoms with Crippen molar-refractivity contribution in [3.05, 3.63) is 35.4 Å². The molecule has 1 aromatic rings. The SMILES string of the molecule is CSOC(=O)C1c2ccccc2C2(C)CN1C(=O)N2OS(=O)(=O)O. The van der Waals surface area contributed by atoms with E-state index in [4.69, 9.17) is 8.74 Å². The maximum Gasteiger partial charge on any atom is 0.418 e. The van der Waals surface area contributed by atoms with Gasteiger partial charge in [0.25, 0.3) is 0 Å². The van der Waals surface area contributed by atoms with E-state index in [9.17, 15) is 18.0 Å². The minimum atomic E-state index is -4.91. The molecule has 2 aliphatic heterocycles. The third-order valence-electron chi connectivity index (χ3n) is 4.05. The summed E-state index contributed by atoms with van der Waals surface area (Å²) < 4.78 is 40.7. The molecule has 0 radical (unpaired) electrons. The fourth-order valence-electron chi connectivity index (χ4n) is 3.17. The molecular weight excluding hydrogens is 360 g/mol. The van der Waals surface area contributed by atoms with E-state index in [2.05, 4.69) is 4.28 Å². The first-order valence-electron chi connectivity index (χ1n) is 6.81. The highest BCUT2D eigenvalue weighted by Gasteiger charge is 2.59. The molecule has 2 aliphatic rings. The molecule has 11 heteroatoms. The van der Waals surface area contributed by atoms with Crippen molar-refractivity contribution in [2.75, 3.05) is 12.8 Å². The largest absolute Gasteiger partial charge is 0.418 e. The maximum absolute atomic E-state index is 12.6. The van der Waals surface area contributed by atoms with E-state index in [1.807, 2.05) is 0 Å². The van der Waals surface area contributed by atoms with Crippen molar-refractivity contribution >= 4 is 34.4 Å². The van der Waals surface area contributed by atoms with Crippen LogP contribution < -0.4 is 0 Å². The summed E-state index contributed by atoms with van der Waals surface area (Å²) in [5, 5.41) is 0.577. The Bertz CT molecular complexity index is 812. The van der Waals surface area contributed by atoms with E-state index in [-0.39, 0.29) is 6.54 Å². The number of nitrogens with zero attached hydrogens (tertiary/aromatic N) is 2. The summed E-state index contributed by atoms with van der Waals surface area (Å²) in [5.74, 6) is -0.654. The van der Waals surface area contributed by atoms with Crippen molar-refractivity contribution in [3.8, 4) is 0 Å². The van der Waals surface area contributed by atoms with Crippen molar-refractivity contribution in [2.45, 2.75) is 18.5 Å². The van der Waals surface area contributed by atoms with Gasteiger partial charge in [-0.15, -0.1) is 4.28 Å².